The summed E-state index contributed by atoms with van der Waals surface area (Å²) in [5, 5.41) is 13.6. The number of fused-ring (bicyclic) bond motifs is 1. The van der Waals surface area contributed by atoms with Crippen LogP contribution in [0.15, 0.2) is 39.1 Å². The summed E-state index contributed by atoms with van der Waals surface area (Å²) in [7, 11) is 0. The molecule has 0 saturated carbocycles. The first kappa shape index (κ1) is 27.2. The molecule has 0 bridgehead atoms. The first-order chi connectivity index (χ1) is 18.7. The maximum Gasteiger partial charge on any atom is 0.270 e. The summed E-state index contributed by atoms with van der Waals surface area (Å²) in [6.45, 7) is 3.41. The number of aryl methyl sites for hydroxylation is 1. The first-order valence-electron chi connectivity index (χ1n) is 12.7. The highest BCUT2D eigenvalue weighted by atomic mass is 35.5. The summed E-state index contributed by atoms with van der Waals surface area (Å²) in [5.41, 5.74) is 5.17. The second-order valence-electron chi connectivity index (χ2n) is 10.2. The van der Waals surface area contributed by atoms with Crippen LogP contribution >= 0.6 is 23.4 Å². The second kappa shape index (κ2) is 11.0. The monoisotopic (exact) mass is 573 g/mol. The highest BCUT2D eigenvalue weighted by Crippen LogP contribution is 2.39. The van der Waals surface area contributed by atoms with Gasteiger partial charge in [-0.05, 0) is 43.2 Å². The number of hydrogen-bond donors (Lipinski definition) is 3. The minimum Gasteiger partial charge on any atom is -0.493 e. The van der Waals surface area contributed by atoms with Gasteiger partial charge < -0.3 is 21.1 Å². The summed E-state index contributed by atoms with van der Waals surface area (Å²) in [5.74, 6) is -0.0723. The van der Waals surface area contributed by atoms with Gasteiger partial charge >= 0.3 is 0 Å². The number of nitrogen functional groups attached to an aromatic ring is 1. The maximum atomic E-state index is 13.3. The highest BCUT2D eigenvalue weighted by molar-refractivity contribution is 7.99. The Balaban J connectivity index is 1.32. The van der Waals surface area contributed by atoms with Crippen LogP contribution in [0.1, 0.15) is 48.8 Å². The van der Waals surface area contributed by atoms with E-state index < -0.39 is 22.9 Å². The normalized spacial score (nSPS) is 16.5. The number of rotatable bonds is 6. The summed E-state index contributed by atoms with van der Waals surface area (Å²) < 4.78 is 14.7. The van der Waals surface area contributed by atoms with Crippen LogP contribution in [-0.2, 0) is 13.0 Å². The Hall–Kier alpha value is -3.38. The number of amides is 1. The number of anilines is 3. The Labute approximate surface area is 233 Å². The quantitative estimate of drug-likeness (QED) is 0.394. The van der Waals surface area contributed by atoms with Gasteiger partial charge in [0.15, 0.2) is 11.4 Å². The van der Waals surface area contributed by atoms with E-state index in [0.29, 0.717) is 47.6 Å². The first-order valence-corrected chi connectivity index (χ1v) is 13.9. The highest BCUT2D eigenvalue weighted by Gasteiger charge is 2.31. The number of benzene rings is 1. The zero-order chi connectivity index (χ0) is 27.7. The molecule has 0 unspecified atom stereocenters. The van der Waals surface area contributed by atoms with Crippen LogP contribution in [0.2, 0.25) is 5.02 Å². The molecule has 0 spiro atoms. The van der Waals surface area contributed by atoms with Crippen molar-refractivity contribution in [1.29, 1.82) is 0 Å². The molecule has 13 heteroatoms. The molecule has 3 aromatic rings. The van der Waals surface area contributed by atoms with Crippen molar-refractivity contribution in [2.45, 2.75) is 55.5 Å². The molecule has 10 nitrogen and oxygen atoms in total. The summed E-state index contributed by atoms with van der Waals surface area (Å²) in [6, 6.07) is 5.02. The molecule has 1 amide bonds. The van der Waals surface area contributed by atoms with E-state index in [1.165, 1.54) is 16.3 Å². The van der Waals surface area contributed by atoms with E-state index in [4.69, 9.17) is 17.3 Å². The number of alkyl halides is 1. The third-order valence-electron chi connectivity index (χ3n) is 7.27. The minimum absolute atomic E-state index is 0.216. The summed E-state index contributed by atoms with van der Waals surface area (Å²) in [4.78, 5) is 41.6. The van der Waals surface area contributed by atoms with Crippen LogP contribution in [0.4, 0.5) is 21.7 Å². The van der Waals surface area contributed by atoms with Crippen molar-refractivity contribution in [3.05, 3.63) is 51.2 Å². The van der Waals surface area contributed by atoms with Gasteiger partial charge in [-0.25, -0.2) is 9.97 Å². The van der Waals surface area contributed by atoms with Gasteiger partial charge in [-0.15, -0.1) is 0 Å². The largest absolute Gasteiger partial charge is 0.493 e. The van der Waals surface area contributed by atoms with Crippen LogP contribution in [0.25, 0.3) is 0 Å². The Kier molecular flexibility index (Phi) is 7.68. The molecule has 2 aromatic heterocycles. The fourth-order valence-corrected chi connectivity index (χ4v) is 5.86. The van der Waals surface area contributed by atoms with Crippen molar-refractivity contribution in [3.8, 4) is 5.88 Å². The van der Waals surface area contributed by atoms with E-state index in [1.54, 1.807) is 24.4 Å². The molecule has 2 aliphatic heterocycles. The fourth-order valence-electron chi connectivity index (χ4n) is 4.76. The van der Waals surface area contributed by atoms with Crippen molar-refractivity contribution in [3.63, 3.8) is 0 Å². The zero-order valence-corrected chi connectivity index (χ0v) is 23.0. The number of halogens is 2. The minimum atomic E-state index is -0.802. The van der Waals surface area contributed by atoms with Crippen molar-refractivity contribution < 1.29 is 14.3 Å². The second-order valence-corrected chi connectivity index (χ2v) is 11.6. The SMILES string of the molecule is CC1(CF)CCN(c2cnc(Sc3cccc(NC(=O)c4c(O)nc5n(c4=O)CCCC5)c3Cl)c(N)n2)CC1. The molecule has 206 valence electrons. The Morgan fingerprint density at radius 3 is 2.74 bits per heavy atom. The summed E-state index contributed by atoms with van der Waals surface area (Å²) >= 11 is 7.79. The van der Waals surface area contributed by atoms with Gasteiger partial charge in [-0.2, -0.15) is 4.98 Å². The van der Waals surface area contributed by atoms with E-state index in [2.05, 4.69) is 20.3 Å². The lowest BCUT2D eigenvalue weighted by molar-refractivity contribution is 0.102. The van der Waals surface area contributed by atoms with Crippen LogP contribution in [0.3, 0.4) is 0 Å². The molecule has 4 heterocycles. The van der Waals surface area contributed by atoms with E-state index in [0.717, 1.165) is 25.7 Å². The zero-order valence-electron chi connectivity index (χ0n) is 21.4. The molecular weight excluding hydrogens is 545 g/mol. The van der Waals surface area contributed by atoms with Gasteiger partial charge in [0.2, 0.25) is 5.88 Å². The van der Waals surface area contributed by atoms with E-state index in [-0.39, 0.29) is 28.6 Å². The van der Waals surface area contributed by atoms with Crippen LogP contribution in [0.5, 0.6) is 5.88 Å². The maximum absolute atomic E-state index is 13.3. The van der Waals surface area contributed by atoms with Gasteiger partial charge in [-0.3, -0.25) is 18.5 Å². The number of nitrogens with zero attached hydrogens (tertiary/aromatic N) is 5. The molecule has 1 fully saturated rings. The number of aromatic nitrogens is 4. The number of aromatic hydroxyl groups is 1. The van der Waals surface area contributed by atoms with Crippen LogP contribution < -0.4 is 21.5 Å². The lowest BCUT2D eigenvalue weighted by Gasteiger charge is -2.38. The molecule has 0 aliphatic carbocycles. The number of carbonyl (C=O) groups is 1. The number of piperidine rings is 1. The predicted molar refractivity (Wildman–Crippen MR) is 149 cm³/mol. The Morgan fingerprint density at radius 1 is 1.26 bits per heavy atom. The van der Waals surface area contributed by atoms with Crippen molar-refractivity contribution >= 4 is 46.6 Å². The molecule has 39 heavy (non-hydrogen) atoms. The van der Waals surface area contributed by atoms with E-state index >= 15 is 0 Å². The molecule has 4 N–H and O–H groups in total. The fraction of sp³-hybridized carbons (Fsp3) is 0.423. The van der Waals surface area contributed by atoms with Gasteiger partial charge in [-0.1, -0.05) is 36.4 Å². The molecule has 1 saturated heterocycles. The molecule has 0 radical (unpaired) electrons. The van der Waals surface area contributed by atoms with Gasteiger partial charge in [0.05, 0.1) is 23.6 Å². The Bertz CT molecular complexity index is 1480. The molecule has 2 aliphatic rings. The topological polar surface area (TPSA) is 139 Å². The molecule has 5 rings (SSSR count). The smallest absolute Gasteiger partial charge is 0.270 e. The van der Waals surface area contributed by atoms with Crippen LogP contribution in [0, 0.1) is 5.41 Å². The molecule has 1 aromatic carbocycles. The van der Waals surface area contributed by atoms with E-state index in [9.17, 15) is 19.1 Å². The molecular formula is C26H29ClFN7O3S. The lowest BCUT2D eigenvalue weighted by Crippen LogP contribution is -2.40. The predicted octanol–water partition coefficient (Wildman–Crippen LogP) is 4.29. The number of nitrogens with one attached hydrogen (secondary N) is 1. The van der Waals surface area contributed by atoms with Gasteiger partial charge in [0.1, 0.15) is 16.7 Å². The summed E-state index contributed by atoms with van der Waals surface area (Å²) in [6.07, 6.45) is 5.32. The third kappa shape index (κ3) is 5.53. The molecule has 0 atom stereocenters. The van der Waals surface area contributed by atoms with Crippen molar-refractivity contribution in [1.82, 2.24) is 19.5 Å². The van der Waals surface area contributed by atoms with Gasteiger partial charge in [0.25, 0.3) is 11.5 Å². The third-order valence-corrected chi connectivity index (χ3v) is 8.86. The standard InChI is InChI=1S/C26H29ClFN7O3S/c1-26(14-28)8-11-34(12-9-26)18-13-30-24(21(29)32-18)39-16-6-4-5-15(20(16)27)31-22(36)19-23(37)33-17-7-2-3-10-35(17)25(19)38/h4-6,13,37H,2-3,7-12,14H2,1H3,(H2,29,32)(H,31,36). The van der Waals surface area contributed by atoms with Crippen LogP contribution in [-0.4, -0.2) is 50.3 Å². The average Bonchev–Trinajstić information content (AvgIpc) is 2.92. The number of carbonyl (C=O) groups excluding carboxylic acids is 1. The van der Waals surface area contributed by atoms with Gasteiger partial charge in [0, 0.05) is 31.0 Å². The van der Waals surface area contributed by atoms with E-state index in [1.807, 2.05) is 11.8 Å². The lowest BCUT2D eigenvalue weighted by atomic mass is 9.82. The van der Waals surface area contributed by atoms with Crippen molar-refractivity contribution in [2.75, 3.05) is 35.7 Å². The Morgan fingerprint density at radius 2 is 2.03 bits per heavy atom. The average molecular weight is 574 g/mol. The number of nitrogens with two attached hydrogens (primary N) is 1. The number of hydrogen-bond acceptors (Lipinski definition) is 9. The van der Waals surface area contributed by atoms with Crippen molar-refractivity contribution in [2.24, 2.45) is 5.41 Å².